The average Bonchev–Trinajstić information content (AvgIpc) is 3.01. The number of amides is 1. The maximum absolute atomic E-state index is 13.2. The van der Waals surface area contributed by atoms with Crippen LogP contribution in [0.2, 0.25) is 0 Å². The van der Waals surface area contributed by atoms with Crippen LogP contribution in [0.1, 0.15) is 63.1 Å². The van der Waals surface area contributed by atoms with Gasteiger partial charge in [0, 0.05) is 31.7 Å². The van der Waals surface area contributed by atoms with Crippen LogP contribution in [-0.4, -0.2) is 39.3 Å². The maximum Gasteiger partial charge on any atom is 0.270 e. The number of carbonyl (C=O) groups excluding carboxylic acids is 1. The van der Waals surface area contributed by atoms with Crippen molar-refractivity contribution in [2.45, 2.75) is 59.9 Å². The van der Waals surface area contributed by atoms with Gasteiger partial charge in [-0.1, -0.05) is 44.8 Å². The van der Waals surface area contributed by atoms with Crippen molar-refractivity contribution >= 4 is 46.1 Å². The average molecular weight is 459 g/mol. The lowest BCUT2D eigenvalue weighted by molar-refractivity contribution is -0.122. The number of hydrogen-bond donors (Lipinski definition) is 0. The molecule has 0 bridgehead atoms. The fourth-order valence-corrected chi connectivity index (χ4v) is 5.47. The number of anilines is 1. The van der Waals surface area contributed by atoms with Crippen LogP contribution in [0.25, 0.3) is 6.08 Å². The van der Waals surface area contributed by atoms with E-state index in [-0.39, 0.29) is 17.0 Å². The van der Waals surface area contributed by atoms with E-state index in [0.717, 1.165) is 50.2 Å². The van der Waals surface area contributed by atoms with Gasteiger partial charge in [0.25, 0.3) is 11.5 Å². The van der Waals surface area contributed by atoms with Gasteiger partial charge in [0.2, 0.25) is 0 Å². The lowest BCUT2D eigenvalue weighted by atomic mass is 9.97. The van der Waals surface area contributed by atoms with Gasteiger partial charge in [-0.3, -0.25) is 19.1 Å². The highest BCUT2D eigenvalue weighted by atomic mass is 32.2. The molecule has 0 spiro atoms. The molecule has 0 unspecified atom stereocenters. The number of thiocarbonyl (C=S) groups is 1. The van der Waals surface area contributed by atoms with Crippen LogP contribution < -0.4 is 10.5 Å². The number of aromatic nitrogens is 1. The highest BCUT2D eigenvalue weighted by Gasteiger charge is 2.33. The largest absolute Gasteiger partial charge is 0.357 e. The molecule has 0 N–H and O–H groups in total. The molecule has 0 aromatic carbocycles. The molecule has 2 fully saturated rings. The molecule has 0 saturated carbocycles. The van der Waals surface area contributed by atoms with E-state index in [1.165, 1.54) is 11.8 Å². The molecule has 3 rings (SSSR count). The summed E-state index contributed by atoms with van der Waals surface area (Å²) in [6.45, 7) is 10.9. The molecule has 2 aliphatic heterocycles. The topological polar surface area (TPSA) is 69.3 Å². The van der Waals surface area contributed by atoms with Gasteiger partial charge in [0.1, 0.15) is 21.8 Å². The summed E-state index contributed by atoms with van der Waals surface area (Å²) in [6.07, 6.45) is 5.57. The minimum atomic E-state index is -0.244. The van der Waals surface area contributed by atoms with E-state index in [1.807, 2.05) is 26.8 Å². The van der Waals surface area contributed by atoms with Gasteiger partial charge in [-0.05, 0) is 50.2 Å². The van der Waals surface area contributed by atoms with E-state index in [4.69, 9.17) is 12.2 Å². The van der Waals surface area contributed by atoms with Gasteiger partial charge in [0.15, 0.2) is 0 Å². The highest BCUT2D eigenvalue weighted by Crippen LogP contribution is 2.36. The third kappa shape index (κ3) is 4.58. The Morgan fingerprint density at radius 3 is 2.42 bits per heavy atom. The van der Waals surface area contributed by atoms with Gasteiger partial charge in [-0.2, -0.15) is 5.26 Å². The molecule has 166 valence electrons. The molecular formula is C23H30N4O2S2. The number of hydrogen-bond acceptors (Lipinski definition) is 6. The molecular weight excluding hydrogens is 428 g/mol. The van der Waals surface area contributed by atoms with Crippen LogP contribution in [0.15, 0.2) is 9.70 Å². The van der Waals surface area contributed by atoms with Gasteiger partial charge >= 0.3 is 0 Å². The van der Waals surface area contributed by atoms with Crippen LogP contribution in [0.3, 0.4) is 0 Å². The molecule has 31 heavy (non-hydrogen) atoms. The smallest absolute Gasteiger partial charge is 0.270 e. The number of rotatable bonds is 6. The predicted molar refractivity (Wildman–Crippen MR) is 131 cm³/mol. The van der Waals surface area contributed by atoms with Gasteiger partial charge < -0.3 is 4.90 Å². The van der Waals surface area contributed by atoms with E-state index in [0.29, 0.717) is 33.8 Å². The number of carbonyl (C=O) groups is 1. The molecule has 0 radical (unpaired) electrons. The van der Waals surface area contributed by atoms with Crippen molar-refractivity contribution in [2.24, 2.45) is 5.92 Å². The molecule has 1 amide bonds. The summed E-state index contributed by atoms with van der Waals surface area (Å²) in [5.41, 5.74) is 1.33. The molecule has 1 aromatic heterocycles. The fraction of sp³-hybridized carbons (Fsp3) is 0.565. The van der Waals surface area contributed by atoms with Crippen molar-refractivity contribution in [1.29, 1.82) is 5.26 Å². The number of piperidine rings is 1. The number of thioether (sulfide) groups is 1. The first kappa shape index (κ1) is 23.6. The molecule has 0 atom stereocenters. The Morgan fingerprint density at radius 2 is 1.84 bits per heavy atom. The van der Waals surface area contributed by atoms with Crippen LogP contribution in [0.5, 0.6) is 0 Å². The predicted octanol–water partition coefficient (Wildman–Crippen LogP) is 4.29. The van der Waals surface area contributed by atoms with Gasteiger partial charge in [-0.15, -0.1) is 0 Å². The Hall–Kier alpha value is -2.11. The van der Waals surface area contributed by atoms with Crippen molar-refractivity contribution in [1.82, 2.24) is 9.47 Å². The summed E-state index contributed by atoms with van der Waals surface area (Å²) in [5, 5.41) is 9.72. The SMILES string of the molecule is CCCN1C(=O)/C(=C\c2c(C)c(C#N)c(=O)n(CCC)c2N2CCC(C)CC2)SC1=S. The zero-order valence-corrected chi connectivity index (χ0v) is 20.4. The van der Waals surface area contributed by atoms with Gasteiger partial charge in [0.05, 0.1) is 4.91 Å². The minimum Gasteiger partial charge on any atom is -0.357 e. The van der Waals surface area contributed by atoms with Gasteiger partial charge in [-0.25, -0.2) is 0 Å². The van der Waals surface area contributed by atoms with E-state index in [1.54, 1.807) is 9.47 Å². The highest BCUT2D eigenvalue weighted by molar-refractivity contribution is 8.26. The fourth-order valence-electron chi connectivity index (χ4n) is 4.18. The van der Waals surface area contributed by atoms with Crippen LogP contribution in [0, 0.1) is 24.2 Å². The van der Waals surface area contributed by atoms with E-state index >= 15 is 0 Å². The van der Waals surface area contributed by atoms with E-state index < -0.39 is 0 Å². The quantitative estimate of drug-likeness (QED) is 0.468. The second kappa shape index (κ2) is 10.0. The molecule has 6 nitrogen and oxygen atoms in total. The van der Waals surface area contributed by atoms with Crippen molar-refractivity contribution in [2.75, 3.05) is 24.5 Å². The number of nitriles is 1. The Kier molecular flexibility index (Phi) is 7.60. The summed E-state index contributed by atoms with van der Waals surface area (Å²) < 4.78 is 2.30. The molecule has 2 saturated heterocycles. The summed E-state index contributed by atoms with van der Waals surface area (Å²) in [6, 6.07) is 2.10. The van der Waals surface area contributed by atoms with Crippen molar-refractivity contribution in [3.63, 3.8) is 0 Å². The Morgan fingerprint density at radius 1 is 1.19 bits per heavy atom. The summed E-state index contributed by atoms with van der Waals surface area (Å²) in [7, 11) is 0. The van der Waals surface area contributed by atoms with E-state index in [2.05, 4.69) is 17.9 Å². The zero-order chi connectivity index (χ0) is 22.7. The molecule has 3 heterocycles. The summed E-state index contributed by atoms with van der Waals surface area (Å²) in [4.78, 5) is 30.6. The maximum atomic E-state index is 13.2. The minimum absolute atomic E-state index is 0.0961. The lowest BCUT2D eigenvalue weighted by Crippen LogP contribution is -2.39. The molecule has 0 aliphatic carbocycles. The van der Waals surface area contributed by atoms with Crippen molar-refractivity contribution in [3.8, 4) is 6.07 Å². The third-order valence-electron chi connectivity index (χ3n) is 5.97. The Bertz CT molecular complexity index is 1010. The first-order chi connectivity index (χ1) is 14.8. The Labute approximate surface area is 193 Å². The van der Waals surface area contributed by atoms with Crippen molar-refractivity contribution < 1.29 is 4.79 Å². The van der Waals surface area contributed by atoms with Crippen LogP contribution in [0.4, 0.5) is 5.82 Å². The Balaban J connectivity index is 2.22. The normalized spacial score (nSPS) is 18.9. The summed E-state index contributed by atoms with van der Waals surface area (Å²) >= 11 is 6.72. The molecule has 8 heteroatoms. The molecule has 1 aromatic rings. The first-order valence-corrected chi connectivity index (χ1v) is 12.2. The number of nitrogens with zero attached hydrogens (tertiary/aromatic N) is 4. The second-order valence-corrected chi connectivity index (χ2v) is 9.98. The molecule has 2 aliphatic rings. The van der Waals surface area contributed by atoms with Crippen molar-refractivity contribution in [3.05, 3.63) is 31.9 Å². The van der Waals surface area contributed by atoms with Crippen LogP contribution in [-0.2, 0) is 11.3 Å². The third-order valence-corrected chi connectivity index (χ3v) is 7.35. The summed E-state index contributed by atoms with van der Waals surface area (Å²) in [5.74, 6) is 1.38. The second-order valence-electron chi connectivity index (χ2n) is 8.31. The monoisotopic (exact) mass is 458 g/mol. The standard InChI is InChI=1S/C23H30N4O2S2/c1-5-9-26-20(25-11-7-15(3)8-12-25)17(16(4)18(14-24)21(26)28)13-19-22(29)27(10-6-2)23(30)31-19/h13,15H,5-12H2,1-4H3/b19-13+. The first-order valence-electron chi connectivity index (χ1n) is 11.0. The van der Waals surface area contributed by atoms with E-state index in [9.17, 15) is 14.9 Å². The lowest BCUT2D eigenvalue weighted by Gasteiger charge is -2.35. The number of pyridine rings is 1. The van der Waals surface area contributed by atoms with Crippen LogP contribution >= 0.6 is 24.0 Å². The zero-order valence-electron chi connectivity index (χ0n) is 18.7.